The van der Waals surface area contributed by atoms with Gasteiger partial charge in [0.15, 0.2) is 0 Å². The molecular formula is C17H27N3O2. The first kappa shape index (κ1) is 18.2. The summed E-state index contributed by atoms with van der Waals surface area (Å²) in [6.07, 6.45) is 2.16. The Morgan fingerprint density at radius 2 is 1.73 bits per heavy atom. The van der Waals surface area contributed by atoms with E-state index < -0.39 is 0 Å². The average molecular weight is 305 g/mol. The predicted octanol–water partition coefficient (Wildman–Crippen LogP) is 2.54. The molecule has 0 saturated carbocycles. The summed E-state index contributed by atoms with van der Waals surface area (Å²) < 4.78 is 0. The van der Waals surface area contributed by atoms with Crippen LogP contribution in [0.1, 0.15) is 50.9 Å². The van der Waals surface area contributed by atoms with E-state index in [0.717, 1.165) is 19.4 Å². The van der Waals surface area contributed by atoms with Crippen LogP contribution in [0.15, 0.2) is 24.3 Å². The lowest BCUT2D eigenvalue weighted by Crippen LogP contribution is -2.40. The molecular weight excluding hydrogens is 278 g/mol. The van der Waals surface area contributed by atoms with E-state index in [-0.39, 0.29) is 17.4 Å². The Morgan fingerprint density at radius 1 is 1.09 bits per heavy atom. The van der Waals surface area contributed by atoms with Crippen molar-refractivity contribution < 1.29 is 9.59 Å². The molecule has 1 aromatic carbocycles. The monoisotopic (exact) mass is 305 g/mol. The van der Waals surface area contributed by atoms with Gasteiger partial charge < -0.3 is 16.0 Å². The van der Waals surface area contributed by atoms with Gasteiger partial charge in [0.2, 0.25) is 5.91 Å². The van der Waals surface area contributed by atoms with Gasteiger partial charge in [-0.15, -0.1) is 0 Å². The Balaban J connectivity index is 2.47. The highest BCUT2D eigenvalue weighted by molar-refractivity contribution is 5.96. The zero-order valence-electron chi connectivity index (χ0n) is 14.0. The van der Waals surface area contributed by atoms with Crippen molar-refractivity contribution >= 4 is 17.5 Å². The second kappa shape index (κ2) is 8.54. The third-order valence-electron chi connectivity index (χ3n) is 2.91. The highest BCUT2D eigenvalue weighted by Crippen LogP contribution is 2.10. The van der Waals surface area contributed by atoms with Crippen LogP contribution in [0.25, 0.3) is 0 Å². The van der Waals surface area contributed by atoms with Gasteiger partial charge >= 0.3 is 0 Å². The largest absolute Gasteiger partial charge is 0.347 e. The van der Waals surface area contributed by atoms with E-state index in [9.17, 15) is 9.59 Å². The van der Waals surface area contributed by atoms with E-state index in [4.69, 9.17) is 0 Å². The van der Waals surface area contributed by atoms with Gasteiger partial charge in [-0.05, 0) is 58.0 Å². The average Bonchev–Trinajstić information content (AvgIpc) is 2.42. The van der Waals surface area contributed by atoms with Gasteiger partial charge in [-0.2, -0.15) is 0 Å². The van der Waals surface area contributed by atoms with Crippen LogP contribution in [0.3, 0.4) is 0 Å². The van der Waals surface area contributed by atoms with E-state index in [0.29, 0.717) is 17.8 Å². The van der Waals surface area contributed by atoms with Crippen molar-refractivity contribution in [1.29, 1.82) is 0 Å². The van der Waals surface area contributed by atoms with Crippen molar-refractivity contribution in [2.45, 2.75) is 46.1 Å². The van der Waals surface area contributed by atoms with Crippen molar-refractivity contribution in [2.24, 2.45) is 0 Å². The molecule has 122 valence electrons. The molecule has 5 nitrogen and oxygen atoms in total. The van der Waals surface area contributed by atoms with Crippen LogP contribution in [-0.4, -0.2) is 30.4 Å². The summed E-state index contributed by atoms with van der Waals surface area (Å²) in [5.41, 5.74) is 0.998. The fourth-order valence-electron chi connectivity index (χ4n) is 1.83. The summed E-state index contributed by atoms with van der Waals surface area (Å²) in [6, 6.07) is 6.89. The number of carbonyl (C=O) groups excluding carboxylic acids is 2. The molecule has 0 aliphatic heterocycles. The van der Waals surface area contributed by atoms with E-state index >= 15 is 0 Å². The number of carbonyl (C=O) groups is 2. The number of unbranched alkanes of at least 4 members (excludes halogenated alkanes) is 1. The Kier molecular flexibility index (Phi) is 7.05. The number of hydrogen-bond donors (Lipinski definition) is 3. The molecule has 0 bridgehead atoms. The standard InChI is InChI=1S/C17H27N3O2/c1-5-6-11-18-12-15(21)19-14-9-7-13(8-10-14)16(22)20-17(2,3)4/h7-10,18H,5-6,11-12H2,1-4H3,(H,19,21)(H,20,22). The van der Waals surface area contributed by atoms with Crippen molar-refractivity contribution in [3.63, 3.8) is 0 Å². The van der Waals surface area contributed by atoms with E-state index in [1.165, 1.54) is 0 Å². The molecule has 3 N–H and O–H groups in total. The van der Waals surface area contributed by atoms with Crippen molar-refractivity contribution in [3.8, 4) is 0 Å². The Hall–Kier alpha value is -1.88. The molecule has 2 amide bonds. The SMILES string of the molecule is CCCCNCC(=O)Nc1ccc(C(=O)NC(C)(C)C)cc1. The highest BCUT2D eigenvalue weighted by Gasteiger charge is 2.15. The van der Waals surface area contributed by atoms with Crippen LogP contribution >= 0.6 is 0 Å². The zero-order chi connectivity index (χ0) is 16.6. The quantitative estimate of drug-likeness (QED) is 0.678. The number of rotatable bonds is 7. The van der Waals surface area contributed by atoms with Crippen LogP contribution in [0, 0.1) is 0 Å². The molecule has 22 heavy (non-hydrogen) atoms. The number of benzene rings is 1. The summed E-state index contributed by atoms with van der Waals surface area (Å²) in [4.78, 5) is 23.7. The molecule has 0 unspecified atom stereocenters. The molecule has 0 atom stereocenters. The lowest BCUT2D eigenvalue weighted by molar-refractivity contribution is -0.115. The molecule has 0 saturated heterocycles. The summed E-state index contributed by atoms with van der Waals surface area (Å²) in [5.74, 6) is -0.199. The lowest BCUT2D eigenvalue weighted by Gasteiger charge is -2.20. The summed E-state index contributed by atoms with van der Waals surface area (Å²) in [7, 11) is 0. The first-order valence-electron chi connectivity index (χ1n) is 7.75. The van der Waals surface area contributed by atoms with Crippen molar-refractivity contribution in [2.75, 3.05) is 18.4 Å². The maximum absolute atomic E-state index is 12.0. The zero-order valence-corrected chi connectivity index (χ0v) is 14.0. The summed E-state index contributed by atoms with van der Waals surface area (Å²) in [6.45, 7) is 9.06. The van der Waals surface area contributed by atoms with Crippen LogP contribution < -0.4 is 16.0 Å². The second-order valence-corrected chi connectivity index (χ2v) is 6.36. The minimum absolute atomic E-state index is 0.0806. The van der Waals surface area contributed by atoms with E-state index in [2.05, 4.69) is 22.9 Å². The van der Waals surface area contributed by atoms with Gasteiger partial charge in [-0.25, -0.2) is 0 Å². The van der Waals surface area contributed by atoms with Gasteiger partial charge in [-0.3, -0.25) is 9.59 Å². The number of anilines is 1. The molecule has 0 spiro atoms. The number of nitrogens with one attached hydrogen (secondary N) is 3. The molecule has 0 heterocycles. The molecule has 1 aromatic rings. The van der Waals surface area contributed by atoms with Gasteiger partial charge in [0.25, 0.3) is 5.91 Å². The molecule has 0 aliphatic rings. The van der Waals surface area contributed by atoms with Crippen LogP contribution in [0.5, 0.6) is 0 Å². The topological polar surface area (TPSA) is 70.2 Å². The Bertz CT molecular complexity index is 490. The van der Waals surface area contributed by atoms with Gasteiger partial charge in [0.05, 0.1) is 6.54 Å². The highest BCUT2D eigenvalue weighted by atomic mass is 16.2. The minimum Gasteiger partial charge on any atom is -0.347 e. The van der Waals surface area contributed by atoms with Crippen LogP contribution in [0.2, 0.25) is 0 Å². The third kappa shape index (κ3) is 7.22. The first-order chi connectivity index (χ1) is 10.3. The molecule has 5 heteroatoms. The van der Waals surface area contributed by atoms with Crippen molar-refractivity contribution in [1.82, 2.24) is 10.6 Å². The Labute approximate surface area is 132 Å². The minimum atomic E-state index is -0.270. The molecule has 0 aromatic heterocycles. The Morgan fingerprint density at radius 3 is 2.27 bits per heavy atom. The lowest BCUT2D eigenvalue weighted by atomic mass is 10.1. The van der Waals surface area contributed by atoms with Gasteiger partial charge in [0.1, 0.15) is 0 Å². The fraction of sp³-hybridized carbons (Fsp3) is 0.529. The predicted molar refractivity (Wildman–Crippen MR) is 90.1 cm³/mol. The number of amides is 2. The summed E-state index contributed by atoms with van der Waals surface area (Å²) in [5, 5.41) is 8.78. The second-order valence-electron chi connectivity index (χ2n) is 6.36. The molecule has 1 rings (SSSR count). The molecule has 0 radical (unpaired) electrons. The maximum atomic E-state index is 12.0. The van der Waals surface area contributed by atoms with Gasteiger partial charge in [-0.1, -0.05) is 13.3 Å². The van der Waals surface area contributed by atoms with E-state index in [1.54, 1.807) is 24.3 Å². The normalized spacial score (nSPS) is 11.1. The maximum Gasteiger partial charge on any atom is 0.251 e. The fourth-order valence-corrected chi connectivity index (χ4v) is 1.83. The number of hydrogen-bond acceptors (Lipinski definition) is 3. The van der Waals surface area contributed by atoms with E-state index in [1.807, 2.05) is 20.8 Å². The smallest absolute Gasteiger partial charge is 0.251 e. The molecule has 0 fully saturated rings. The van der Waals surface area contributed by atoms with Crippen molar-refractivity contribution in [3.05, 3.63) is 29.8 Å². The van der Waals surface area contributed by atoms with Gasteiger partial charge in [0, 0.05) is 16.8 Å². The van der Waals surface area contributed by atoms with Crippen LogP contribution in [0.4, 0.5) is 5.69 Å². The molecule has 0 aliphatic carbocycles. The third-order valence-corrected chi connectivity index (χ3v) is 2.91. The van der Waals surface area contributed by atoms with Crippen LogP contribution in [-0.2, 0) is 4.79 Å². The first-order valence-corrected chi connectivity index (χ1v) is 7.75. The summed E-state index contributed by atoms with van der Waals surface area (Å²) >= 11 is 0.